The van der Waals surface area contributed by atoms with Gasteiger partial charge in [0.2, 0.25) is 5.96 Å². The molecule has 0 saturated carbocycles. The van der Waals surface area contributed by atoms with Gasteiger partial charge in [-0.1, -0.05) is 18.2 Å². The van der Waals surface area contributed by atoms with Crippen molar-refractivity contribution in [1.82, 2.24) is 14.7 Å². The van der Waals surface area contributed by atoms with Crippen molar-refractivity contribution in [3.63, 3.8) is 0 Å². The molecule has 3 aliphatic heterocycles. The molecule has 0 saturated heterocycles. The van der Waals surface area contributed by atoms with Crippen molar-refractivity contribution in [2.75, 3.05) is 26.2 Å². The predicted octanol–water partition coefficient (Wildman–Crippen LogP) is 4.16. The Morgan fingerprint density at radius 2 is 1.76 bits per heavy atom. The molecule has 0 radical (unpaired) electrons. The highest BCUT2D eigenvalue weighted by atomic mass is 19.4. The molecule has 0 aromatic heterocycles. The van der Waals surface area contributed by atoms with Crippen LogP contribution in [0.2, 0.25) is 0 Å². The summed E-state index contributed by atoms with van der Waals surface area (Å²) in [6.07, 6.45) is -4.17. The number of carbonyl (C=O) groups excluding carboxylic acids is 1. The molecule has 0 aliphatic carbocycles. The summed E-state index contributed by atoms with van der Waals surface area (Å²) in [5.41, 5.74) is 1.17. The smallest absolute Gasteiger partial charge is 0.314 e. The fourth-order valence-electron chi connectivity index (χ4n) is 4.71. The van der Waals surface area contributed by atoms with Gasteiger partial charge in [0.15, 0.2) is 0 Å². The van der Waals surface area contributed by atoms with Crippen molar-refractivity contribution in [2.24, 2.45) is 4.99 Å². The van der Waals surface area contributed by atoms with Crippen molar-refractivity contribution in [2.45, 2.75) is 25.7 Å². The van der Waals surface area contributed by atoms with E-state index < -0.39 is 17.6 Å². The topological polar surface area (TPSA) is 39.2 Å². The highest BCUT2D eigenvalue weighted by molar-refractivity contribution is 6.09. The van der Waals surface area contributed by atoms with Gasteiger partial charge in [0.25, 0.3) is 5.91 Å². The van der Waals surface area contributed by atoms with Gasteiger partial charge in [-0.2, -0.15) is 13.2 Å². The Balaban J connectivity index is 1.39. The second-order valence-corrected chi connectivity index (χ2v) is 8.55. The summed E-state index contributed by atoms with van der Waals surface area (Å²) >= 11 is 0. The van der Waals surface area contributed by atoms with Crippen LogP contribution in [-0.2, 0) is 24.1 Å². The maximum absolute atomic E-state index is 14.1. The number of fused-ring (bicyclic) bond motifs is 2. The first-order valence-electron chi connectivity index (χ1n) is 10.9. The summed E-state index contributed by atoms with van der Waals surface area (Å²) in [4.78, 5) is 23.3. The summed E-state index contributed by atoms with van der Waals surface area (Å²) in [6.45, 7) is 2.52. The molecule has 5 nitrogen and oxygen atoms in total. The largest absolute Gasteiger partial charge is 0.419 e. The maximum atomic E-state index is 14.1. The lowest BCUT2D eigenvalue weighted by Gasteiger charge is -2.42. The Bertz CT molecular complexity index is 1210. The highest BCUT2D eigenvalue weighted by Gasteiger charge is 2.41. The van der Waals surface area contributed by atoms with E-state index >= 15 is 0 Å². The Morgan fingerprint density at radius 1 is 0.971 bits per heavy atom. The highest BCUT2D eigenvalue weighted by Crippen LogP contribution is 2.34. The Morgan fingerprint density at radius 3 is 2.50 bits per heavy atom. The summed E-state index contributed by atoms with van der Waals surface area (Å²) in [5, 5.41) is 0. The minimum absolute atomic E-state index is 0.0934. The third kappa shape index (κ3) is 4.18. The third-order valence-electron chi connectivity index (χ3n) is 6.26. The number of nitrogens with zero attached hydrogens (tertiary/aromatic N) is 4. The number of halogens is 5. The van der Waals surface area contributed by atoms with Crippen molar-refractivity contribution in [1.29, 1.82) is 0 Å². The maximum Gasteiger partial charge on any atom is 0.419 e. The lowest BCUT2D eigenvalue weighted by molar-refractivity contribution is -0.140. The van der Waals surface area contributed by atoms with Gasteiger partial charge in [0, 0.05) is 38.3 Å². The van der Waals surface area contributed by atoms with E-state index in [0.717, 1.165) is 17.3 Å². The van der Waals surface area contributed by atoms with Crippen molar-refractivity contribution >= 4 is 11.9 Å². The Labute approximate surface area is 192 Å². The molecule has 5 rings (SSSR count). The van der Waals surface area contributed by atoms with Crippen LogP contribution in [0, 0.1) is 11.6 Å². The number of alkyl halides is 3. The monoisotopic (exact) mass is 476 g/mol. The fourth-order valence-corrected chi connectivity index (χ4v) is 4.71. The van der Waals surface area contributed by atoms with Gasteiger partial charge >= 0.3 is 6.18 Å². The number of carbonyl (C=O) groups is 1. The molecule has 0 unspecified atom stereocenters. The van der Waals surface area contributed by atoms with E-state index in [1.807, 2.05) is 11.0 Å². The number of hydrogen-bond donors (Lipinski definition) is 0. The zero-order valence-corrected chi connectivity index (χ0v) is 18.1. The molecule has 2 aromatic carbocycles. The lowest BCUT2D eigenvalue weighted by atomic mass is 10.00. The van der Waals surface area contributed by atoms with Gasteiger partial charge in [-0.3, -0.25) is 19.6 Å². The summed E-state index contributed by atoms with van der Waals surface area (Å²) in [5.74, 6) is -1.55. The van der Waals surface area contributed by atoms with Crippen LogP contribution < -0.4 is 0 Å². The predicted molar refractivity (Wildman–Crippen MR) is 114 cm³/mol. The molecule has 10 heteroatoms. The van der Waals surface area contributed by atoms with Gasteiger partial charge in [-0.05, 0) is 35.4 Å². The zero-order valence-electron chi connectivity index (χ0n) is 18.1. The zero-order chi connectivity index (χ0) is 24.0. The number of amides is 1. The average molecular weight is 476 g/mol. The first-order valence-corrected chi connectivity index (χ1v) is 10.9. The second-order valence-electron chi connectivity index (χ2n) is 8.55. The number of rotatable bonds is 4. The molecular formula is C24H21F5N4O. The Hall–Kier alpha value is -3.27. The van der Waals surface area contributed by atoms with Crippen molar-refractivity contribution < 1.29 is 26.7 Å². The molecule has 2 aromatic rings. The number of hydrogen-bond acceptors (Lipinski definition) is 4. The Kier molecular flexibility index (Phi) is 5.63. The van der Waals surface area contributed by atoms with E-state index in [9.17, 15) is 26.7 Å². The van der Waals surface area contributed by atoms with Gasteiger partial charge in [-0.25, -0.2) is 8.78 Å². The number of aliphatic imine (C=N–C) groups is 1. The standard InChI is InChI=1S/C24H21F5N4O/c25-17-3-1-2-15(10-17)12-31-8-6-21-18(14-31)22(34)33(23-30-7-9-32(21)23)13-16-4-5-19(20(26)11-16)24(27,28)29/h1-5,10-11H,6-9,12-14H2. The van der Waals surface area contributed by atoms with Gasteiger partial charge < -0.3 is 4.90 Å². The van der Waals surface area contributed by atoms with Gasteiger partial charge in [-0.15, -0.1) is 0 Å². The van der Waals surface area contributed by atoms with Gasteiger partial charge in [0.1, 0.15) is 11.6 Å². The van der Waals surface area contributed by atoms with Gasteiger partial charge in [0.05, 0.1) is 24.2 Å². The molecule has 1 amide bonds. The number of guanidine groups is 1. The first-order chi connectivity index (χ1) is 16.2. The first kappa shape index (κ1) is 22.5. The fraction of sp³-hybridized carbons (Fsp3) is 0.333. The molecule has 0 fully saturated rings. The molecule has 0 spiro atoms. The summed E-state index contributed by atoms with van der Waals surface area (Å²) in [7, 11) is 0. The minimum atomic E-state index is -4.79. The van der Waals surface area contributed by atoms with E-state index in [0.29, 0.717) is 56.7 Å². The van der Waals surface area contributed by atoms with E-state index in [4.69, 9.17) is 0 Å². The molecule has 3 heterocycles. The SMILES string of the molecule is O=C1C2=C(CCN(Cc3cccc(F)c3)C2)N2CCN=C2N1Cc1ccc(C(F)(F)F)c(F)c1. The lowest BCUT2D eigenvalue weighted by Crippen LogP contribution is -2.53. The molecule has 0 N–H and O–H groups in total. The van der Waals surface area contributed by atoms with E-state index in [1.54, 1.807) is 6.07 Å². The molecule has 0 bridgehead atoms. The quantitative estimate of drug-likeness (QED) is 0.623. The third-order valence-corrected chi connectivity index (χ3v) is 6.26. The van der Waals surface area contributed by atoms with Crippen LogP contribution in [0.1, 0.15) is 23.1 Å². The second kappa shape index (κ2) is 8.50. The van der Waals surface area contributed by atoms with Crippen LogP contribution in [0.5, 0.6) is 0 Å². The van der Waals surface area contributed by atoms with Crippen LogP contribution in [0.3, 0.4) is 0 Å². The van der Waals surface area contributed by atoms with Crippen LogP contribution in [0.25, 0.3) is 0 Å². The van der Waals surface area contributed by atoms with Crippen molar-refractivity contribution in [3.05, 3.63) is 82.1 Å². The van der Waals surface area contributed by atoms with Crippen LogP contribution in [0.15, 0.2) is 58.7 Å². The van der Waals surface area contributed by atoms with Crippen LogP contribution in [-0.4, -0.2) is 52.7 Å². The van der Waals surface area contributed by atoms with E-state index in [1.165, 1.54) is 23.1 Å². The van der Waals surface area contributed by atoms with Crippen LogP contribution >= 0.6 is 0 Å². The molecule has 3 aliphatic rings. The minimum Gasteiger partial charge on any atom is -0.314 e. The summed E-state index contributed by atoms with van der Waals surface area (Å²) in [6, 6.07) is 9.00. The molecule has 178 valence electrons. The molecule has 34 heavy (non-hydrogen) atoms. The summed E-state index contributed by atoms with van der Waals surface area (Å²) < 4.78 is 66.4. The molecular weight excluding hydrogens is 455 g/mol. The normalized spacial score (nSPS) is 18.9. The number of benzene rings is 2. The van der Waals surface area contributed by atoms with Crippen LogP contribution in [0.4, 0.5) is 22.0 Å². The van der Waals surface area contributed by atoms with E-state index in [2.05, 4.69) is 9.89 Å². The van der Waals surface area contributed by atoms with Crippen molar-refractivity contribution in [3.8, 4) is 0 Å². The average Bonchev–Trinajstić information content (AvgIpc) is 3.26. The van der Waals surface area contributed by atoms with E-state index in [-0.39, 0.29) is 23.8 Å². The molecule has 0 atom stereocenters.